The molecule has 2 aromatic carbocycles. The molecule has 5 nitrogen and oxygen atoms in total. The number of aliphatic carboxylic acids is 1. The van der Waals surface area contributed by atoms with Crippen molar-refractivity contribution >= 4 is 5.97 Å². The maximum Gasteiger partial charge on any atom is 0.307 e. The van der Waals surface area contributed by atoms with Gasteiger partial charge in [-0.05, 0) is 54.8 Å². The van der Waals surface area contributed by atoms with Crippen LogP contribution in [-0.2, 0) is 11.4 Å². The maximum absolute atomic E-state index is 11.5. The number of furan rings is 1. The predicted octanol–water partition coefficient (Wildman–Crippen LogP) is 4.74. The number of rotatable bonds is 7. The standard InChI is InChI=1S/C24H25NO4/c26-24(27)20-10-5-13-25(16-20)23(22-12-6-14-28-22)19-9-4-11-21(15-19)29-17-18-7-2-1-3-8-18/h1-4,6-9,11-12,14-15,20,23H,5,10,13,16-17H2,(H,26,27). The minimum absolute atomic E-state index is 0.132. The summed E-state index contributed by atoms with van der Waals surface area (Å²) in [4.78, 5) is 13.8. The third-order valence-electron chi connectivity index (χ3n) is 5.40. The highest BCUT2D eigenvalue weighted by molar-refractivity contribution is 5.70. The highest BCUT2D eigenvalue weighted by atomic mass is 16.5. The van der Waals surface area contributed by atoms with Crippen molar-refractivity contribution in [2.24, 2.45) is 5.92 Å². The Morgan fingerprint density at radius 2 is 2.00 bits per heavy atom. The Balaban J connectivity index is 1.57. The van der Waals surface area contributed by atoms with Crippen molar-refractivity contribution in [3.63, 3.8) is 0 Å². The third-order valence-corrected chi connectivity index (χ3v) is 5.40. The van der Waals surface area contributed by atoms with Gasteiger partial charge in [-0.25, -0.2) is 0 Å². The van der Waals surface area contributed by atoms with Gasteiger partial charge in [0.25, 0.3) is 0 Å². The normalized spacial score (nSPS) is 18.3. The van der Waals surface area contributed by atoms with E-state index in [9.17, 15) is 9.90 Å². The Morgan fingerprint density at radius 3 is 2.76 bits per heavy atom. The molecule has 0 aliphatic carbocycles. The minimum atomic E-state index is -0.729. The first-order valence-electron chi connectivity index (χ1n) is 9.97. The second-order valence-corrected chi connectivity index (χ2v) is 7.44. The van der Waals surface area contributed by atoms with E-state index in [-0.39, 0.29) is 12.0 Å². The van der Waals surface area contributed by atoms with Gasteiger partial charge in [-0.1, -0.05) is 42.5 Å². The SMILES string of the molecule is O=C(O)C1CCCN(C(c2cccc(OCc3ccccc3)c2)c2ccco2)C1. The van der Waals surface area contributed by atoms with Crippen LogP contribution in [0.15, 0.2) is 77.4 Å². The van der Waals surface area contributed by atoms with Crippen LogP contribution in [0.5, 0.6) is 5.75 Å². The van der Waals surface area contributed by atoms with Gasteiger partial charge in [0, 0.05) is 6.54 Å². The average Bonchev–Trinajstić information content (AvgIpc) is 3.28. The van der Waals surface area contributed by atoms with E-state index in [1.54, 1.807) is 6.26 Å². The van der Waals surface area contributed by atoms with Crippen LogP contribution in [0.25, 0.3) is 0 Å². The van der Waals surface area contributed by atoms with Crippen LogP contribution >= 0.6 is 0 Å². The van der Waals surface area contributed by atoms with Gasteiger partial charge >= 0.3 is 5.97 Å². The van der Waals surface area contributed by atoms with E-state index >= 15 is 0 Å². The van der Waals surface area contributed by atoms with E-state index in [2.05, 4.69) is 4.90 Å². The molecular formula is C24H25NO4. The molecule has 4 rings (SSSR count). The monoisotopic (exact) mass is 391 g/mol. The zero-order valence-corrected chi connectivity index (χ0v) is 16.2. The molecule has 1 fully saturated rings. The molecular weight excluding hydrogens is 366 g/mol. The van der Waals surface area contributed by atoms with Crippen molar-refractivity contribution in [2.45, 2.75) is 25.5 Å². The van der Waals surface area contributed by atoms with Crippen LogP contribution in [-0.4, -0.2) is 29.1 Å². The summed E-state index contributed by atoms with van der Waals surface area (Å²) >= 11 is 0. The Bertz CT molecular complexity index is 923. The van der Waals surface area contributed by atoms with Crippen molar-refractivity contribution in [1.29, 1.82) is 0 Å². The molecule has 3 aromatic rings. The van der Waals surface area contributed by atoms with E-state index in [4.69, 9.17) is 9.15 Å². The van der Waals surface area contributed by atoms with Gasteiger partial charge in [0.15, 0.2) is 0 Å². The molecule has 1 aromatic heterocycles. The summed E-state index contributed by atoms with van der Waals surface area (Å²) in [6.07, 6.45) is 3.24. The van der Waals surface area contributed by atoms with E-state index in [0.717, 1.165) is 42.0 Å². The number of carbonyl (C=O) groups is 1. The molecule has 5 heteroatoms. The fourth-order valence-electron chi connectivity index (χ4n) is 3.96. The van der Waals surface area contributed by atoms with Crippen molar-refractivity contribution in [2.75, 3.05) is 13.1 Å². The summed E-state index contributed by atoms with van der Waals surface area (Å²) in [6.45, 7) is 1.85. The van der Waals surface area contributed by atoms with Gasteiger partial charge in [0.2, 0.25) is 0 Å². The smallest absolute Gasteiger partial charge is 0.307 e. The van der Waals surface area contributed by atoms with Crippen LogP contribution in [0.2, 0.25) is 0 Å². The Kier molecular flexibility index (Phi) is 5.96. The molecule has 2 heterocycles. The zero-order valence-electron chi connectivity index (χ0n) is 16.2. The predicted molar refractivity (Wildman–Crippen MR) is 110 cm³/mol. The quantitative estimate of drug-likeness (QED) is 0.630. The molecule has 1 saturated heterocycles. The van der Waals surface area contributed by atoms with Crippen molar-refractivity contribution < 1.29 is 19.1 Å². The Morgan fingerprint density at radius 1 is 1.14 bits per heavy atom. The van der Waals surface area contributed by atoms with Gasteiger partial charge in [-0.2, -0.15) is 0 Å². The number of carboxylic acid groups (broad SMARTS) is 1. The number of nitrogens with zero attached hydrogens (tertiary/aromatic N) is 1. The molecule has 2 unspecified atom stereocenters. The second kappa shape index (κ2) is 8.97. The van der Waals surface area contributed by atoms with E-state index < -0.39 is 5.97 Å². The molecule has 0 saturated carbocycles. The fourth-order valence-corrected chi connectivity index (χ4v) is 3.96. The highest BCUT2D eigenvalue weighted by Gasteiger charge is 2.32. The van der Waals surface area contributed by atoms with Crippen molar-refractivity contribution in [3.8, 4) is 5.75 Å². The minimum Gasteiger partial charge on any atom is -0.489 e. The first-order valence-corrected chi connectivity index (χ1v) is 9.97. The maximum atomic E-state index is 11.5. The number of carboxylic acids is 1. The number of likely N-dealkylation sites (tertiary alicyclic amines) is 1. The lowest BCUT2D eigenvalue weighted by atomic mass is 9.94. The largest absolute Gasteiger partial charge is 0.489 e. The van der Waals surface area contributed by atoms with E-state index in [1.165, 1.54) is 0 Å². The number of piperidine rings is 1. The van der Waals surface area contributed by atoms with Crippen molar-refractivity contribution in [3.05, 3.63) is 89.9 Å². The molecule has 2 atom stereocenters. The van der Waals surface area contributed by atoms with Gasteiger partial charge in [-0.3, -0.25) is 9.69 Å². The lowest BCUT2D eigenvalue weighted by Gasteiger charge is -2.36. The average molecular weight is 391 g/mol. The molecule has 150 valence electrons. The van der Waals surface area contributed by atoms with Crippen LogP contribution in [0.4, 0.5) is 0 Å². The van der Waals surface area contributed by atoms with Crippen LogP contribution in [0.3, 0.4) is 0 Å². The van der Waals surface area contributed by atoms with Gasteiger partial charge in [-0.15, -0.1) is 0 Å². The molecule has 0 radical (unpaired) electrons. The number of hydrogen-bond acceptors (Lipinski definition) is 4. The van der Waals surface area contributed by atoms with Gasteiger partial charge < -0.3 is 14.3 Å². The molecule has 0 amide bonds. The fraction of sp³-hybridized carbons (Fsp3) is 0.292. The summed E-state index contributed by atoms with van der Waals surface area (Å²) in [5.74, 6) is 0.525. The lowest BCUT2D eigenvalue weighted by Crippen LogP contribution is -2.41. The summed E-state index contributed by atoms with van der Waals surface area (Å²) in [5.41, 5.74) is 2.15. The number of benzene rings is 2. The van der Waals surface area contributed by atoms with Crippen LogP contribution in [0, 0.1) is 5.92 Å². The Hall–Kier alpha value is -3.05. The lowest BCUT2D eigenvalue weighted by molar-refractivity contribution is -0.143. The molecule has 1 N–H and O–H groups in total. The Labute approximate surface area is 170 Å². The van der Waals surface area contributed by atoms with Crippen LogP contribution in [0.1, 0.15) is 35.8 Å². The summed E-state index contributed by atoms with van der Waals surface area (Å²) in [6, 6.07) is 21.7. The first-order chi connectivity index (χ1) is 14.2. The molecule has 0 spiro atoms. The van der Waals surface area contributed by atoms with Crippen LogP contribution < -0.4 is 4.74 Å². The van der Waals surface area contributed by atoms with E-state index in [1.807, 2.05) is 66.7 Å². The summed E-state index contributed by atoms with van der Waals surface area (Å²) in [7, 11) is 0. The second-order valence-electron chi connectivity index (χ2n) is 7.44. The van der Waals surface area contributed by atoms with Crippen molar-refractivity contribution in [1.82, 2.24) is 4.90 Å². The third kappa shape index (κ3) is 4.69. The first kappa shape index (κ1) is 19.3. The van der Waals surface area contributed by atoms with Gasteiger partial charge in [0.05, 0.1) is 18.2 Å². The summed E-state index contributed by atoms with van der Waals surface area (Å²) in [5, 5.41) is 9.49. The van der Waals surface area contributed by atoms with E-state index in [0.29, 0.717) is 13.2 Å². The molecule has 29 heavy (non-hydrogen) atoms. The number of ether oxygens (including phenoxy) is 1. The zero-order chi connectivity index (χ0) is 20.1. The topological polar surface area (TPSA) is 62.9 Å². The molecule has 1 aliphatic rings. The highest BCUT2D eigenvalue weighted by Crippen LogP contribution is 2.34. The summed E-state index contributed by atoms with van der Waals surface area (Å²) < 4.78 is 11.7. The van der Waals surface area contributed by atoms with Gasteiger partial charge in [0.1, 0.15) is 18.1 Å². The molecule has 1 aliphatic heterocycles. The number of hydrogen-bond donors (Lipinski definition) is 1. The molecule has 0 bridgehead atoms.